The highest BCUT2D eigenvalue weighted by molar-refractivity contribution is 5.63. The number of nitrogens with one attached hydrogen (secondary N) is 1. The third-order valence-corrected chi connectivity index (χ3v) is 3.55. The maximum atomic E-state index is 4.61. The highest BCUT2D eigenvalue weighted by Gasteiger charge is 2.16. The third kappa shape index (κ3) is 2.76. The number of hydrogen-bond acceptors (Lipinski definition) is 3. The van der Waals surface area contributed by atoms with E-state index in [1.54, 1.807) is 0 Å². The molecule has 0 unspecified atom stereocenters. The minimum Gasteiger partial charge on any atom is -0.354 e. The first-order valence-corrected chi connectivity index (χ1v) is 6.83. The lowest BCUT2D eigenvalue weighted by molar-refractivity contribution is 0.482. The Kier molecular flexibility index (Phi) is 3.47. The Hall–Kier alpha value is -1.87. The normalized spacial score (nSPS) is 19.4. The number of hydrogen-bond donors (Lipinski definition) is 1. The molecule has 19 heavy (non-hydrogen) atoms. The number of rotatable bonds is 2. The van der Waals surface area contributed by atoms with E-state index in [-0.39, 0.29) is 0 Å². The summed E-state index contributed by atoms with van der Waals surface area (Å²) in [5.41, 5.74) is 2.39. The molecule has 0 aliphatic carbocycles. The number of pyridine rings is 1. The second-order valence-corrected chi connectivity index (χ2v) is 5.07. The van der Waals surface area contributed by atoms with Gasteiger partial charge in [-0.1, -0.05) is 30.3 Å². The standard InChI is InChI=1S/C16H19N3/c1-13-12-19(10-9-17-13)16-8-7-15(11-18-16)14-5-3-2-4-6-14/h2-8,11,13,17H,9-10,12H2,1H3/t13-/m1/s1. The summed E-state index contributed by atoms with van der Waals surface area (Å²) in [5, 5.41) is 3.45. The molecule has 1 N–H and O–H groups in total. The fourth-order valence-corrected chi connectivity index (χ4v) is 2.51. The molecule has 1 aliphatic rings. The molecule has 1 aromatic carbocycles. The summed E-state index contributed by atoms with van der Waals surface area (Å²) in [4.78, 5) is 6.95. The van der Waals surface area contributed by atoms with Crippen LogP contribution in [0.25, 0.3) is 11.1 Å². The van der Waals surface area contributed by atoms with Gasteiger partial charge in [-0.25, -0.2) is 4.98 Å². The maximum absolute atomic E-state index is 4.61. The molecule has 3 heteroatoms. The molecule has 3 nitrogen and oxygen atoms in total. The summed E-state index contributed by atoms with van der Waals surface area (Å²) in [7, 11) is 0. The molecule has 0 amide bonds. The molecule has 3 rings (SSSR count). The van der Waals surface area contributed by atoms with E-state index in [2.05, 4.69) is 58.5 Å². The monoisotopic (exact) mass is 253 g/mol. The molecule has 1 saturated heterocycles. The molecule has 1 atom stereocenters. The second kappa shape index (κ2) is 5.41. The van der Waals surface area contributed by atoms with Crippen LogP contribution in [0, 0.1) is 0 Å². The first kappa shape index (κ1) is 12.2. The van der Waals surface area contributed by atoms with E-state index in [4.69, 9.17) is 0 Å². The molecular formula is C16H19N3. The van der Waals surface area contributed by atoms with E-state index < -0.39 is 0 Å². The van der Waals surface area contributed by atoms with E-state index in [0.717, 1.165) is 25.5 Å². The van der Waals surface area contributed by atoms with Gasteiger partial charge in [-0.3, -0.25) is 0 Å². The van der Waals surface area contributed by atoms with Gasteiger partial charge in [0.15, 0.2) is 0 Å². The molecule has 1 aromatic heterocycles. The van der Waals surface area contributed by atoms with Crippen LogP contribution in [0.3, 0.4) is 0 Å². The zero-order chi connectivity index (χ0) is 13.1. The lowest BCUT2D eigenvalue weighted by Gasteiger charge is -2.32. The molecular weight excluding hydrogens is 234 g/mol. The average molecular weight is 253 g/mol. The Bertz CT molecular complexity index is 521. The zero-order valence-electron chi connectivity index (χ0n) is 11.2. The topological polar surface area (TPSA) is 28.2 Å². The van der Waals surface area contributed by atoms with Gasteiger partial charge in [-0.15, -0.1) is 0 Å². The Morgan fingerprint density at radius 2 is 1.95 bits per heavy atom. The fourth-order valence-electron chi connectivity index (χ4n) is 2.51. The van der Waals surface area contributed by atoms with E-state index in [1.165, 1.54) is 11.1 Å². The van der Waals surface area contributed by atoms with Crippen molar-refractivity contribution in [1.82, 2.24) is 10.3 Å². The number of benzene rings is 1. The van der Waals surface area contributed by atoms with Crippen LogP contribution in [0.5, 0.6) is 0 Å². The van der Waals surface area contributed by atoms with Crippen molar-refractivity contribution >= 4 is 5.82 Å². The van der Waals surface area contributed by atoms with Crippen LogP contribution in [0.15, 0.2) is 48.7 Å². The molecule has 0 bridgehead atoms. The van der Waals surface area contributed by atoms with Crippen molar-refractivity contribution < 1.29 is 0 Å². The smallest absolute Gasteiger partial charge is 0.128 e. The molecule has 2 heterocycles. The summed E-state index contributed by atoms with van der Waals surface area (Å²) < 4.78 is 0. The quantitative estimate of drug-likeness (QED) is 0.891. The zero-order valence-corrected chi connectivity index (χ0v) is 11.2. The van der Waals surface area contributed by atoms with Gasteiger partial charge in [0, 0.05) is 37.4 Å². The van der Waals surface area contributed by atoms with Crippen LogP contribution in [0.2, 0.25) is 0 Å². The number of nitrogens with zero attached hydrogens (tertiary/aromatic N) is 2. The molecule has 1 fully saturated rings. The number of piperazine rings is 1. The molecule has 1 aliphatic heterocycles. The van der Waals surface area contributed by atoms with Gasteiger partial charge >= 0.3 is 0 Å². The third-order valence-electron chi connectivity index (χ3n) is 3.55. The second-order valence-electron chi connectivity index (χ2n) is 5.07. The van der Waals surface area contributed by atoms with Gasteiger partial charge in [0.2, 0.25) is 0 Å². The SMILES string of the molecule is C[C@@H]1CN(c2ccc(-c3ccccc3)cn2)CCN1. The van der Waals surface area contributed by atoms with Gasteiger partial charge in [0.1, 0.15) is 5.82 Å². The molecule has 0 radical (unpaired) electrons. The van der Waals surface area contributed by atoms with E-state index in [0.29, 0.717) is 6.04 Å². The largest absolute Gasteiger partial charge is 0.354 e. The van der Waals surface area contributed by atoms with E-state index >= 15 is 0 Å². The predicted octanol–water partition coefficient (Wildman–Crippen LogP) is 2.55. The van der Waals surface area contributed by atoms with Crippen LogP contribution < -0.4 is 10.2 Å². The van der Waals surface area contributed by atoms with Crippen molar-refractivity contribution in [3.8, 4) is 11.1 Å². The minimum atomic E-state index is 0.532. The Labute approximate surface area is 114 Å². The Morgan fingerprint density at radius 3 is 2.63 bits per heavy atom. The van der Waals surface area contributed by atoms with Crippen molar-refractivity contribution in [3.05, 3.63) is 48.7 Å². The Morgan fingerprint density at radius 1 is 1.11 bits per heavy atom. The van der Waals surface area contributed by atoms with Gasteiger partial charge in [0.25, 0.3) is 0 Å². The van der Waals surface area contributed by atoms with E-state index in [9.17, 15) is 0 Å². The van der Waals surface area contributed by atoms with Crippen molar-refractivity contribution in [1.29, 1.82) is 0 Å². The maximum Gasteiger partial charge on any atom is 0.128 e. The van der Waals surface area contributed by atoms with Crippen molar-refractivity contribution in [3.63, 3.8) is 0 Å². The van der Waals surface area contributed by atoms with Crippen LogP contribution in [0.1, 0.15) is 6.92 Å². The van der Waals surface area contributed by atoms with Crippen LogP contribution in [-0.2, 0) is 0 Å². The first-order chi connectivity index (χ1) is 9.33. The first-order valence-electron chi connectivity index (χ1n) is 6.83. The number of aromatic nitrogens is 1. The van der Waals surface area contributed by atoms with E-state index in [1.807, 2.05) is 12.3 Å². The van der Waals surface area contributed by atoms with Crippen molar-refractivity contribution in [2.24, 2.45) is 0 Å². The predicted molar refractivity (Wildman–Crippen MR) is 79.4 cm³/mol. The van der Waals surface area contributed by atoms with Crippen LogP contribution >= 0.6 is 0 Å². The van der Waals surface area contributed by atoms with Crippen molar-refractivity contribution in [2.75, 3.05) is 24.5 Å². The molecule has 2 aromatic rings. The molecule has 0 spiro atoms. The summed E-state index contributed by atoms with van der Waals surface area (Å²) in [5.74, 6) is 1.08. The van der Waals surface area contributed by atoms with Crippen LogP contribution in [0.4, 0.5) is 5.82 Å². The highest BCUT2D eigenvalue weighted by atomic mass is 15.2. The minimum absolute atomic E-state index is 0.532. The summed E-state index contributed by atoms with van der Waals surface area (Å²) >= 11 is 0. The lowest BCUT2D eigenvalue weighted by Crippen LogP contribution is -2.49. The summed E-state index contributed by atoms with van der Waals surface area (Å²) in [6.45, 7) is 5.30. The van der Waals surface area contributed by atoms with Crippen LogP contribution in [-0.4, -0.2) is 30.7 Å². The molecule has 98 valence electrons. The van der Waals surface area contributed by atoms with Gasteiger partial charge < -0.3 is 10.2 Å². The lowest BCUT2D eigenvalue weighted by atomic mass is 10.1. The summed E-state index contributed by atoms with van der Waals surface area (Å²) in [6, 6.07) is 15.2. The summed E-state index contributed by atoms with van der Waals surface area (Å²) in [6.07, 6.45) is 1.97. The fraction of sp³-hybridized carbons (Fsp3) is 0.312. The average Bonchev–Trinajstić information content (AvgIpc) is 2.48. The van der Waals surface area contributed by atoms with Gasteiger partial charge in [0.05, 0.1) is 0 Å². The van der Waals surface area contributed by atoms with Gasteiger partial charge in [-0.05, 0) is 24.6 Å². The molecule has 0 saturated carbocycles. The van der Waals surface area contributed by atoms with Gasteiger partial charge in [-0.2, -0.15) is 0 Å². The van der Waals surface area contributed by atoms with Crippen molar-refractivity contribution in [2.45, 2.75) is 13.0 Å². The highest BCUT2D eigenvalue weighted by Crippen LogP contribution is 2.21. The Balaban J connectivity index is 1.79. The number of anilines is 1.